The molecule has 2 aliphatic rings. The van der Waals surface area contributed by atoms with Crippen LogP contribution in [0.15, 0.2) is 72.9 Å². The molecule has 0 bridgehead atoms. The Morgan fingerprint density at radius 2 is 1.77 bits per heavy atom. The van der Waals surface area contributed by atoms with Crippen LogP contribution in [0.3, 0.4) is 0 Å². The van der Waals surface area contributed by atoms with Crippen molar-refractivity contribution in [2.24, 2.45) is 5.92 Å². The fourth-order valence-corrected chi connectivity index (χ4v) is 4.73. The molecule has 0 fully saturated rings. The highest BCUT2D eigenvalue weighted by Gasteiger charge is 2.33. The Labute approximate surface area is 176 Å². The molecule has 5 nitrogen and oxygen atoms in total. The maximum absolute atomic E-state index is 13.3. The maximum atomic E-state index is 13.3. The van der Waals surface area contributed by atoms with Crippen molar-refractivity contribution in [2.45, 2.75) is 31.8 Å². The van der Waals surface area contributed by atoms with Gasteiger partial charge in [-0.2, -0.15) is 0 Å². The van der Waals surface area contributed by atoms with Gasteiger partial charge in [0, 0.05) is 43.0 Å². The van der Waals surface area contributed by atoms with Crippen molar-refractivity contribution in [3.05, 3.63) is 89.7 Å². The van der Waals surface area contributed by atoms with Gasteiger partial charge in [-0.15, -0.1) is 0 Å². The van der Waals surface area contributed by atoms with Gasteiger partial charge < -0.3 is 14.8 Å². The minimum absolute atomic E-state index is 0.0219. The molecule has 30 heavy (non-hydrogen) atoms. The van der Waals surface area contributed by atoms with E-state index < -0.39 is 0 Å². The second kappa shape index (κ2) is 7.82. The summed E-state index contributed by atoms with van der Waals surface area (Å²) < 4.78 is 2.23. The Hall–Kier alpha value is -3.34. The number of hydrogen-bond donors (Lipinski definition) is 1. The monoisotopic (exact) mass is 399 g/mol. The van der Waals surface area contributed by atoms with E-state index in [0.29, 0.717) is 25.8 Å². The molecular formula is C25H25N3O2. The third-order valence-corrected chi connectivity index (χ3v) is 6.29. The number of benzene rings is 2. The average molecular weight is 399 g/mol. The van der Waals surface area contributed by atoms with E-state index in [0.717, 1.165) is 29.1 Å². The van der Waals surface area contributed by atoms with Crippen LogP contribution in [0.4, 0.5) is 5.69 Å². The van der Waals surface area contributed by atoms with Gasteiger partial charge in [-0.1, -0.05) is 48.5 Å². The quantitative estimate of drug-likeness (QED) is 0.721. The van der Waals surface area contributed by atoms with Crippen molar-refractivity contribution in [1.29, 1.82) is 0 Å². The largest absolute Gasteiger partial charge is 0.348 e. The molecule has 1 aromatic heterocycles. The van der Waals surface area contributed by atoms with Crippen LogP contribution in [0.5, 0.6) is 0 Å². The Morgan fingerprint density at radius 1 is 0.967 bits per heavy atom. The molecule has 3 aromatic rings. The van der Waals surface area contributed by atoms with Crippen LogP contribution in [0.2, 0.25) is 0 Å². The Bertz CT molecular complexity index is 1070. The van der Waals surface area contributed by atoms with Crippen LogP contribution in [-0.4, -0.2) is 27.8 Å². The molecule has 5 rings (SSSR count). The third kappa shape index (κ3) is 3.41. The van der Waals surface area contributed by atoms with Gasteiger partial charge in [0.05, 0.1) is 6.04 Å². The van der Waals surface area contributed by atoms with Gasteiger partial charge in [-0.25, -0.2) is 0 Å². The smallest absolute Gasteiger partial charge is 0.227 e. The molecule has 3 heterocycles. The minimum atomic E-state index is -0.160. The van der Waals surface area contributed by atoms with Crippen LogP contribution < -0.4 is 5.32 Å². The summed E-state index contributed by atoms with van der Waals surface area (Å²) in [5, 5.41) is 2.99. The van der Waals surface area contributed by atoms with Crippen LogP contribution in [0.25, 0.3) is 0 Å². The van der Waals surface area contributed by atoms with Crippen LogP contribution >= 0.6 is 0 Å². The van der Waals surface area contributed by atoms with Gasteiger partial charge in [-0.05, 0) is 42.2 Å². The van der Waals surface area contributed by atoms with E-state index in [9.17, 15) is 9.59 Å². The molecule has 2 aromatic carbocycles. The molecule has 0 saturated carbocycles. The molecule has 1 N–H and O–H groups in total. The van der Waals surface area contributed by atoms with Crippen molar-refractivity contribution >= 4 is 17.5 Å². The molecule has 2 unspecified atom stereocenters. The van der Waals surface area contributed by atoms with Gasteiger partial charge in [0.25, 0.3) is 0 Å². The van der Waals surface area contributed by atoms with Gasteiger partial charge in [0.15, 0.2) is 0 Å². The number of nitrogens with zero attached hydrogens (tertiary/aromatic N) is 2. The zero-order chi connectivity index (χ0) is 20.5. The molecule has 2 amide bonds. The van der Waals surface area contributed by atoms with Crippen LogP contribution in [0, 0.1) is 5.92 Å². The lowest BCUT2D eigenvalue weighted by molar-refractivity contribution is -0.134. The first-order valence-electron chi connectivity index (χ1n) is 10.6. The fourth-order valence-electron chi connectivity index (χ4n) is 4.73. The lowest BCUT2D eigenvalue weighted by atomic mass is 9.89. The highest BCUT2D eigenvalue weighted by molar-refractivity contribution is 5.96. The predicted molar refractivity (Wildman–Crippen MR) is 116 cm³/mol. The summed E-state index contributed by atoms with van der Waals surface area (Å²) in [5.74, 6) is -0.0238. The SMILES string of the molecule is O=C1Nc2ccccc2CC1CCC(=O)N1CCn2cccc2C1c1ccccc1. The zero-order valence-corrected chi connectivity index (χ0v) is 16.8. The number of aromatic nitrogens is 1. The minimum Gasteiger partial charge on any atom is -0.348 e. The second-order valence-electron chi connectivity index (χ2n) is 8.11. The van der Waals surface area contributed by atoms with Crippen molar-refractivity contribution in [3.63, 3.8) is 0 Å². The molecule has 2 atom stereocenters. The number of fused-ring (bicyclic) bond motifs is 2. The first kappa shape index (κ1) is 18.7. The van der Waals surface area contributed by atoms with Gasteiger partial charge >= 0.3 is 0 Å². The van der Waals surface area contributed by atoms with E-state index >= 15 is 0 Å². The van der Waals surface area contributed by atoms with E-state index in [4.69, 9.17) is 0 Å². The number of anilines is 1. The molecule has 0 spiro atoms. The van der Waals surface area contributed by atoms with E-state index in [1.165, 1.54) is 0 Å². The first-order chi connectivity index (χ1) is 14.7. The Kier molecular flexibility index (Phi) is 4.87. The summed E-state index contributed by atoms with van der Waals surface area (Å²) in [4.78, 5) is 27.8. The highest BCUT2D eigenvalue weighted by Crippen LogP contribution is 2.34. The first-order valence-corrected chi connectivity index (χ1v) is 10.6. The van der Waals surface area contributed by atoms with Crippen molar-refractivity contribution in [2.75, 3.05) is 11.9 Å². The predicted octanol–water partition coefficient (Wildman–Crippen LogP) is 4.01. The van der Waals surface area contributed by atoms with Crippen molar-refractivity contribution in [3.8, 4) is 0 Å². The molecule has 0 radical (unpaired) electrons. The molecule has 0 saturated heterocycles. The number of carbonyl (C=O) groups excluding carboxylic acids is 2. The maximum Gasteiger partial charge on any atom is 0.227 e. The lowest BCUT2D eigenvalue weighted by Gasteiger charge is -2.37. The number of hydrogen-bond acceptors (Lipinski definition) is 2. The van der Waals surface area contributed by atoms with Crippen molar-refractivity contribution in [1.82, 2.24) is 9.47 Å². The van der Waals surface area contributed by atoms with Gasteiger partial charge in [-0.3, -0.25) is 9.59 Å². The molecule has 0 aliphatic carbocycles. The third-order valence-electron chi connectivity index (χ3n) is 6.29. The average Bonchev–Trinajstić information content (AvgIpc) is 3.26. The lowest BCUT2D eigenvalue weighted by Crippen LogP contribution is -2.42. The molecule has 152 valence electrons. The topological polar surface area (TPSA) is 54.3 Å². The number of rotatable bonds is 4. The zero-order valence-electron chi connectivity index (χ0n) is 16.8. The summed E-state index contributed by atoms with van der Waals surface area (Å²) >= 11 is 0. The molecule has 5 heteroatoms. The van der Waals surface area contributed by atoms with Crippen molar-refractivity contribution < 1.29 is 9.59 Å². The Morgan fingerprint density at radius 3 is 2.63 bits per heavy atom. The highest BCUT2D eigenvalue weighted by atomic mass is 16.2. The summed E-state index contributed by atoms with van der Waals surface area (Å²) in [6, 6.07) is 22.2. The van der Waals surface area contributed by atoms with Crippen LogP contribution in [-0.2, 0) is 22.6 Å². The summed E-state index contributed by atoms with van der Waals surface area (Å²) in [6.07, 6.45) is 3.72. The van der Waals surface area contributed by atoms with E-state index in [2.05, 4.69) is 34.3 Å². The molecular weight excluding hydrogens is 374 g/mol. The van der Waals surface area contributed by atoms with E-state index in [1.807, 2.05) is 53.4 Å². The number of nitrogens with one attached hydrogen (secondary N) is 1. The number of carbonyl (C=O) groups is 2. The molecule has 2 aliphatic heterocycles. The van der Waals surface area contributed by atoms with E-state index in [1.54, 1.807) is 0 Å². The van der Waals surface area contributed by atoms with E-state index in [-0.39, 0.29) is 23.8 Å². The summed E-state index contributed by atoms with van der Waals surface area (Å²) in [6.45, 7) is 1.48. The van der Waals surface area contributed by atoms with Crippen LogP contribution in [0.1, 0.15) is 35.7 Å². The normalized spacial score (nSPS) is 20.3. The second-order valence-corrected chi connectivity index (χ2v) is 8.11. The standard InChI is InChI=1S/C25H25N3O2/c29-23(13-12-20-17-19-9-4-5-10-21(19)26-25(20)30)28-16-15-27-14-6-11-22(27)24(28)18-7-2-1-3-8-18/h1-11,14,20,24H,12-13,15-17H2,(H,26,30). The van der Waals surface area contributed by atoms with Gasteiger partial charge in [0.2, 0.25) is 11.8 Å². The Balaban J connectivity index is 1.33. The summed E-state index contributed by atoms with van der Waals surface area (Å²) in [5.41, 5.74) is 4.30. The number of amides is 2. The van der Waals surface area contributed by atoms with Gasteiger partial charge in [0.1, 0.15) is 0 Å². The fraction of sp³-hybridized carbons (Fsp3) is 0.280. The number of para-hydroxylation sites is 1. The summed E-state index contributed by atoms with van der Waals surface area (Å²) in [7, 11) is 0.